The first-order chi connectivity index (χ1) is 11.8. The van der Waals surface area contributed by atoms with Crippen LogP contribution in [-0.2, 0) is 17.5 Å². The Balaban J connectivity index is 2.05. The SMILES string of the molecule is NCCC(=O)NCC1CCCCN1Cc1cc(F)cc(C(F)(F)F)c1. The van der Waals surface area contributed by atoms with Crippen molar-refractivity contribution in [3.8, 4) is 0 Å². The molecule has 0 radical (unpaired) electrons. The van der Waals surface area contributed by atoms with Gasteiger partial charge in [-0.1, -0.05) is 6.42 Å². The number of rotatable bonds is 6. The summed E-state index contributed by atoms with van der Waals surface area (Å²) in [6.45, 7) is 1.61. The largest absolute Gasteiger partial charge is 0.416 e. The molecule has 140 valence electrons. The van der Waals surface area contributed by atoms with Gasteiger partial charge in [0.1, 0.15) is 5.82 Å². The summed E-state index contributed by atoms with van der Waals surface area (Å²) in [6.07, 6.45) is -1.58. The summed E-state index contributed by atoms with van der Waals surface area (Å²) in [5, 5.41) is 2.80. The lowest BCUT2D eigenvalue weighted by molar-refractivity contribution is -0.137. The summed E-state index contributed by atoms with van der Waals surface area (Å²) in [4.78, 5) is 13.6. The molecule has 1 unspecified atom stereocenters. The molecule has 0 bridgehead atoms. The Morgan fingerprint density at radius 1 is 1.28 bits per heavy atom. The number of benzene rings is 1. The van der Waals surface area contributed by atoms with E-state index in [4.69, 9.17) is 5.73 Å². The molecule has 0 saturated carbocycles. The highest BCUT2D eigenvalue weighted by molar-refractivity contribution is 5.76. The van der Waals surface area contributed by atoms with Crippen LogP contribution in [-0.4, -0.2) is 36.5 Å². The van der Waals surface area contributed by atoms with Crippen LogP contribution in [0.4, 0.5) is 17.6 Å². The van der Waals surface area contributed by atoms with E-state index in [9.17, 15) is 22.4 Å². The van der Waals surface area contributed by atoms with Crippen molar-refractivity contribution in [2.45, 2.75) is 44.4 Å². The van der Waals surface area contributed by atoms with E-state index < -0.39 is 17.6 Å². The maximum absolute atomic E-state index is 13.6. The number of amides is 1. The fraction of sp³-hybridized carbons (Fsp3) is 0.588. The second kappa shape index (κ2) is 8.62. The van der Waals surface area contributed by atoms with Crippen LogP contribution in [0.5, 0.6) is 0 Å². The topological polar surface area (TPSA) is 58.4 Å². The van der Waals surface area contributed by atoms with E-state index in [1.54, 1.807) is 0 Å². The predicted octanol–water partition coefficient (Wildman–Crippen LogP) is 2.66. The van der Waals surface area contributed by atoms with Crippen molar-refractivity contribution in [1.29, 1.82) is 0 Å². The number of halogens is 4. The molecule has 2 rings (SSSR count). The van der Waals surface area contributed by atoms with Gasteiger partial charge in [-0.05, 0) is 43.1 Å². The number of carbonyl (C=O) groups is 1. The third-order valence-corrected chi connectivity index (χ3v) is 4.33. The molecule has 1 heterocycles. The maximum Gasteiger partial charge on any atom is 0.416 e. The molecule has 1 aromatic carbocycles. The van der Waals surface area contributed by atoms with Gasteiger partial charge in [0, 0.05) is 32.1 Å². The van der Waals surface area contributed by atoms with E-state index in [-0.39, 0.29) is 37.0 Å². The van der Waals surface area contributed by atoms with E-state index in [1.165, 1.54) is 0 Å². The number of piperidine rings is 1. The fourth-order valence-corrected chi connectivity index (χ4v) is 3.09. The molecular weight excluding hydrogens is 338 g/mol. The summed E-state index contributed by atoms with van der Waals surface area (Å²) in [5.74, 6) is -1.03. The highest BCUT2D eigenvalue weighted by Gasteiger charge is 2.32. The first-order valence-corrected chi connectivity index (χ1v) is 8.37. The number of nitrogens with zero attached hydrogens (tertiary/aromatic N) is 1. The monoisotopic (exact) mass is 361 g/mol. The Labute approximate surface area is 144 Å². The van der Waals surface area contributed by atoms with Gasteiger partial charge in [-0.2, -0.15) is 13.2 Å². The molecule has 1 aliphatic rings. The number of carbonyl (C=O) groups excluding carboxylic acids is 1. The fourth-order valence-electron chi connectivity index (χ4n) is 3.09. The number of hydrogen-bond acceptors (Lipinski definition) is 3. The molecule has 8 heteroatoms. The van der Waals surface area contributed by atoms with Crippen LogP contribution in [0, 0.1) is 5.82 Å². The zero-order valence-electron chi connectivity index (χ0n) is 13.9. The van der Waals surface area contributed by atoms with Gasteiger partial charge in [-0.3, -0.25) is 9.69 Å². The molecule has 1 amide bonds. The predicted molar refractivity (Wildman–Crippen MR) is 86.1 cm³/mol. The second-order valence-electron chi connectivity index (χ2n) is 6.31. The van der Waals surface area contributed by atoms with Gasteiger partial charge < -0.3 is 11.1 Å². The van der Waals surface area contributed by atoms with Crippen molar-refractivity contribution >= 4 is 5.91 Å². The quantitative estimate of drug-likeness (QED) is 0.766. The lowest BCUT2D eigenvalue weighted by atomic mass is 10.0. The molecule has 1 aliphatic heterocycles. The molecule has 1 fully saturated rings. The Morgan fingerprint density at radius 3 is 2.72 bits per heavy atom. The summed E-state index contributed by atoms with van der Waals surface area (Å²) in [6, 6.07) is 2.65. The minimum atomic E-state index is -4.58. The van der Waals surface area contributed by atoms with Gasteiger partial charge in [0.2, 0.25) is 5.91 Å². The lowest BCUT2D eigenvalue weighted by Crippen LogP contribution is -2.46. The van der Waals surface area contributed by atoms with Crippen LogP contribution in [0.25, 0.3) is 0 Å². The third-order valence-electron chi connectivity index (χ3n) is 4.33. The van der Waals surface area contributed by atoms with E-state index in [1.807, 2.05) is 4.90 Å². The van der Waals surface area contributed by atoms with Gasteiger partial charge in [-0.15, -0.1) is 0 Å². The molecule has 1 aromatic rings. The number of alkyl halides is 3. The number of nitrogens with two attached hydrogens (primary N) is 1. The van der Waals surface area contributed by atoms with E-state index in [0.717, 1.165) is 31.4 Å². The maximum atomic E-state index is 13.6. The Morgan fingerprint density at radius 2 is 2.04 bits per heavy atom. The first-order valence-electron chi connectivity index (χ1n) is 8.37. The number of hydrogen-bond donors (Lipinski definition) is 2. The minimum Gasteiger partial charge on any atom is -0.354 e. The Bertz CT molecular complexity index is 592. The summed E-state index contributed by atoms with van der Waals surface area (Å²) >= 11 is 0. The van der Waals surface area contributed by atoms with Crippen LogP contribution in [0.15, 0.2) is 18.2 Å². The van der Waals surface area contributed by atoms with Crippen molar-refractivity contribution in [3.05, 3.63) is 35.1 Å². The van der Waals surface area contributed by atoms with Crippen molar-refractivity contribution in [2.75, 3.05) is 19.6 Å². The van der Waals surface area contributed by atoms with Crippen molar-refractivity contribution in [2.24, 2.45) is 5.73 Å². The zero-order chi connectivity index (χ0) is 18.4. The smallest absolute Gasteiger partial charge is 0.354 e. The second-order valence-corrected chi connectivity index (χ2v) is 6.31. The average Bonchev–Trinajstić information content (AvgIpc) is 2.53. The zero-order valence-corrected chi connectivity index (χ0v) is 13.9. The molecular formula is C17H23F4N3O. The minimum absolute atomic E-state index is 0.0214. The Hall–Kier alpha value is -1.67. The molecule has 1 saturated heterocycles. The summed E-state index contributed by atoms with van der Waals surface area (Å²) in [7, 11) is 0. The highest BCUT2D eigenvalue weighted by atomic mass is 19.4. The first kappa shape index (κ1) is 19.7. The summed E-state index contributed by atoms with van der Waals surface area (Å²) in [5.41, 5.74) is 4.64. The van der Waals surface area contributed by atoms with E-state index >= 15 is 0 Å². The van der Waals surface area contributed by atoms with Gasteiger partial charge in [0.25, 0.3) is 0 Å². The van der Waals surface area contributed by atoms with Crippen LogP contribution in [0.2, 0.25) is 0 Å². The lowest BCUT2D eigenvalue weighted by Gasteiger charge is -2.36. The van der Waals surface area contributed by atoms with E-state index in [0.29, 0.717) is 19.2 Å². The standard InChI is InChI=1S/C17H23F4N3O/c18-14-8-12(7-13(9-14)17(19,20)21)11-24-6-2-1-3-15(24)10-23-16(25)4-5-22/h7-9,15H,1-6,10-11,22H2,(H,23,25). The number of nitrogens with one attached hydrogen (secondary N) is 1. The van der Waals surface area contributed by atoms with Crippen LogP contribution in [0.1, 0.15) is 36.8 Å². The third kappa shape index (κ3) is 5.97. The molecule has 0 aliphatic carbocycles. The van der Waals surface area contributed by atoms with Crippen LogP contribution >= 0.6 is 0 Å². The molecule has 0 aromatic heterocycles. The highest BCUT2D eigenvalue weighted by Crippen LogP contribution is 2.31. The normalized spacial score (nSPS) is 19.0. The van der Waals surface area contributed by atoms with Crippen LogP contribution < -0.4 is 11.1 Å². The average molecular weight is 361 g/mol. The van der Waals surface area contributed by atoms with Gasteiger partial charge >= 0.3 is 6.18 Å². The molecule has 4 nitrogen and oxygen atoms in total. The van der Waals surface area contributed by atoms with Gasteiger partial charge in [-0.25, -0.2) is 4.39 Å². The molecule has 1 atom stereocenters. The molecule has 25 heavy (non-hydrogen) atoms. The van der Waals surface area contributed by atoms with Crippen molar-refractivity contribution in [1.82, 2.24) is 10.2 Å². The number of likely N-dealkylation sites (tertiary alicyclic amines) is 1. The van der Waals surface area contributed by atoms with Crippen molar-refractivity contribution < 1.29 is 22.4 Å². The Kier molecular flexibility index (Phi) is 6.78. The van der Waals surface area contributed by atoms with Gasteiger partial charge in [0.15, 0.2) is 0 Å². The van der Waals surface area contributed by atoms with E-state index in [2.05, 4.69) is 5.32 Å². The van der Waals surface area contributed by atoms with Crippen LogP contribution in [0.3, 0.4) is 0 Å². The summed E-state index contributed by atoms with van der Waals surface area (Å²) < 4.78 is 52.1. The molecule has 3 N–H and O–H groups in total. The van der Waals surface area contributed by atoms with Crippen molar-refractivity contribution in [3.63, 3.8) is 0 Å². The molecule has 0 spiro atoms. The van der Waals surface area contributed by atoms with Gasteiger partial charge in [0.05, 0.1) is 5.56 Å².